The summed E-state index contributed by atoms with van der Waals surface area (Å²) >= 11 is 1.85. The van der Waals surface area contributed by atoms with Crippen LogP contribution in [0.5, 0.6) is 5.75 Å². The molecule has 0 fully saturated rings. The van der Waals surface area contributed by atoms with E-state index in [1.165, 1.54) is 48.1 Å². The van der Waals surface area contributed by atoms with Gasteiger partial charge in [-0.2, -0.15) is 0 Å². The molecule has 0 saturated heterocycles. The maximum Gasteiger partial charge on any atom is 0.137 e. The quantitative estimate of drug-likeness (QED) is 0.0631. The van der Waals surface area contributed by atoms with E-state index in [1.807, 2.05) is 88.5 Å². The molecule has 0 radical (unpaired) electrons. The van der Waals surface area contributed by atoms with E-state index in [0.717, 1.165) is 105 Å². The monoisotopic (exact) mass is 1150 g/mol. The summed E-state index contributed by atoms with van der Waals surface area (Å²) in [5.74, 6) is 1.82. The predicted octanol–water partition coefficient (Wildman–Crippen LogP) is 24.4. The topological polar surface area (TPSA) is 32.1 Å². The molecule has 12 rings (SSSR count). The van der Waals surface area contributed by atoms with Crippen LogP contribution in [-0.4, -0.2) is 13.2 Å². The third kappa shape index (κ3) is 12.8. The summed E-state index contributed by atoms with van der Waals surface area (Å²) in [6, 6.07) is 73.2. The van der Waals surface area contributed by atoms with Crippen LogP contribution in [0.1, 0.15) is 90.7 Å². The fraction of sp³-hybridized carbons (Fsp3) is 0.175. The van der Waals surface area contributed by atoms with E-state index in [9.17, 15) is 0 Å². The number of fused-ring (bicyclic) bond motifs is 7. The highest BCUT2D eigenvalue weighted by atomic mass is 32.1. The van der Waals surface area contributed by atoms with Crippen LogP contribution >= 0.6 is 11.3 Å². The van der Waals surface area contributed by atoms with Crippen molar-refractivity contribution in [2.75, 3.05) is 21.8 Å². The van der Waals surface area contributed by atoms with E-state index in [0.29, 0.717) is 0 Å². The van der Waals surface area contributed by atoms with Gasteiger partial charge in [-0.15, -0.1) is 11.3 Å². The number of hydrogen-bond donors (Lipinski definition) is 0. The summed E-state index contributed by atoms with van der Waals surface area (Å²) in [5, 5.41) is 3.46. The molecule has 1 aliphatic carbocycles. The maximum absolute atomic E-state index is 6.68. The number of methoxy groups -OCH3 is 1. The van der Waals surface area contributed by atoms with Crippen molar-refractivity contribution in [1.29, 1.82) is 0 Å². The number of ether oxygens (including phenoxy) is 1. The Bertz CT molecular complexity index is 4150. The van der Waals surface area contributed by atoms with Crippen molar-refractivity contribution in [2.45, 2.75) is 87.1 Å². The Balaban J connectivity index is 0.000000744. The molecule has 2 aromatic heterocycles. The van der Waals surface area contributed by atoms with Crippen molar-refractivity contribution in [2.24, 2.45) is 0 Å². The van der Waals surface area contributed by atoms with Gasteiger partial charge in [0.05, 0.1) is 23.5 Å². The molecular formula is C80H81N3O2S. The minimum absolute atomic E-state index is 0.141. The maximum atomic E-state index is 6.68. The Labute approximate surface area is 515 Å². The summed E-state index contributed by atoms with van der Waals surface area (Å²) in [4.78, 5) is 7.36. The smallest absolute Gasteiger partial charge is 0.137 e. The number of rotatable bonds is 18. The van der Waals surface area contributed by atoms with Crippen molar-refractivity contribution in [3.63, 3.8) is 0 Å². The Hall–Kier alpha value is -9.36. The van der Waals surface area contributed by atoms with E-state index >= 15 is 0 Å². The van der Waals surface area contributed by atoms with Gasteiger partial charge >= 0.3 is 0 Å². The van der Waals surface area contributed by atoms with E-state index in [1.54, 1.807) is 13.2 Å². The van der Waals surface area contributed by atoms with Crippen LogP contribution < -0.4 is 19.4 Å². The fourth-order valence-electron chi connectivity index (χ4n) is 11.6. The lowest BCUT2D eigenvalue weighted by Crippen LogP contribution is -2.28. The van der Waals surface area contributed by atoms with Crippen LogP contribution in [0.2, 0.25) is 0 Å². The molecule has 0 aliphatic heterocycles. The molecule has 0 N–H and O–H groups in total. The zero-order chi connectivity index (χ0) is 60.5. The van der Waals surface area contributed by atoms with E-state index < -0.39 is 0 Å². The van der Waals surface area contributed by atoms with Crippen LogP contribution in [-0.2, 0) is 12.8 Å². The number of para-hydroxylation sites is 3. The van der Waals surface area contributed by atoms with Crippen LogP contribution in [0, 0.1) is 0 Å². The van der Waals surface area contributed by atoms with Gasteiger partial charge in [-0.3, -0.25) is 0 Å². The molecule has 11 aromatic rings. The molecule has 0 saturated carbocycles. The molecule has 1 aliphatic rings. The van der Waals surface area contributed by atoms with Crippen LogP contribution in [0.15, 0.2) is 260 Å². The molecular weight excluding hydrogens is 1070 g/mol. The average molecular weight is 1150 g/mol. The number of hydrogen-bond acceptors (Lipinski definition) is 6. The number of thiophene rings is 1. The van der Waals surface area contributed by atoms with Gasteiger partial charge in [0, 0.05) is 84.3 Å². The second-order valence-electron chi connectivity index (χ2n) is 20.5. The number of allylic oxidation sites excluding steroid dienone is 6. The average Bonchev–Trinajstić information content (AvgIpc) is 1.92. The van der Waals surface area contributed by atoms with Crippen LogP contribution in [0.25, 0.3) is 59.5 Å². The highest BCUT2D eigenvalue weighted by Crippen LogP contribution is 2.51. The number of furan rings is 1. The van der Waals surface area contributed by atoms with Gasteiger partial charge in [0.2, 0.25) is 0 Å². The molecule has 434 valence electrons. The lowest BCUT2D eigenvalue weighted by molar-refractivity contribution is 0.416. The number of aryl methyl sites for hydroxylation is 1. The summed E-state index contributed by atoms with van der Waals surface area (Å²) in [6.07, 6.45) is 19.7. The third-order valence-electron chi connectivity index (χ3n) is 15.4. The Kier molecular flexibility index (Phi) is 21.0. The molecule has 0 bridgehead atoms. The summed E-state index contributed by atoms with van der Waals surface area (Å²) in [6.45, 7) is 24.3. The minimum Gasteiger partial charge on any atom is -0.496 e. The first-order valence-corrected chi connectivity index (χ1v) is 31.4. The number of anilines is 8. The number of benzene rings is 9. The highest BCUT2D eigenvalue weighted by Gasteiger charge is 2.27. The van der Waals surface area contributed by atoms with E-state index in [2.05, 4.69) is 249 Å². The summed E-state index contributed by atoms with van der Waals surface area (Å²) in [7, 11) is 1.73. The third-order valence-corrected chi connectivity index (χ3v) is 16.6. The van der Waals surface area contributed by atoms with Crippen molar-refractivity contribution in [3.8, 4) is 28.0 Å². The molecule has 6 heteroatoms. The molecule has 1 atom stereocenters. The molecule has 0 spiro atoms. The zero-order valence-electron chi connectivity index (χ0n) is 51.6. The summed E-state index contributed by atoms with van der Waals surface area (Å²) < 4.78 is 14.9. The van der Waals surface area contributed by atoms with Crippen LogP contribution in [0.3, 0.4) is 0 Å². The van der Waals surface area contributed by atoms with Gasteiger partial charge in [-0.05, 0) is 158 Å². The van der Waals surface area contributed by atoms with E-state index in [-0.39, 0.29) is 6.04 Å². The van der Waals surface area contributed by atoms with Gasteiger partial charge < -0.3 is 23.9 Å². The van der Waals surface area contributed by atoms with Crippen molar-refractivity contribution >= 4 is 94.1 Å². The molecule has 2 heterocycles. The molecule has 86 heavy (non-hydrogen) atoms. The lowest BCUT2D eigenvalue weighted by Gasteiger charge is -2.32. The molecule has 0 amide bonds. The van der Waals surface area contributed by atoms with E-state index in [4.69, 9.17) is 9.15 Å². The first-order chi connectivity index (χ1) is 42.4. The van der Waals surface area contributed by atoms with Gasteiger partial charge in [0.25, 0.3) is 0 Å². The van der Waals surface area contributed by atoms with Gasteiger partial charge in [0.15, 0.2) is 0 Å². The zero-order valence-corrected chi connectivity index (χ0v) is 52.4. The molecule has 5 nitrogen and oxygen atoms in total. The lowest BCUT2D eigenvalue weighted by atomic mass is 10.0. The van der Waals surface area contributed by atoms with Crippen molar-refractivity contribution in [3.05, 3.63) is 278 Å². The normalized spacial score (nSPS) is 11.8. The summed E-state index contributed by atoms with van der Waals surface area (Å²) in [5.41, 5.74) is 18.1. The minimum atomic E-state index is 0.141. The SMILES string of the molecule is C=C/C=C\C=C/C.C=Cc1c(CCC)oc2cc(N(c3ccccc3)c3cc(N(c4ccccc4)c4ccc(-c5ccccc5OC)cc4)c4sc5ccc(N(c6ccc7c(c6)Cc6ccccc6-7)C(/C=C\C)CC)cc5c4c3)ccc12.CC.CC. The Morgan fingerprint density at radius 2 is 1.16 bits per heavy atom. The Morgan fingerprint density at radius 3 is 1.84 bits per heavy atom. The molecule has 9 aromatic carbocycles. The first kappa shape index (κ1) is 61.2. The predicted molar refractivity (Wildman–Crippen MR) is 377 cm³/mol. The first-order valence-electron chi connectivity index (χ1n) is 30.5. The van der Waals surface area contributed by atoms with Gasteiger partial charge in [-0.1, -0.05) is 200 Å². The Morgan fingerprint density at radius 1 is 0.547 bits per heavy atom. The highest BCUT2D eigenvalue weighted by molar-refractivity contribution is 7.26. The fourth-order valence-corrected chi connectivity index (χ4v) is 12.8. The molecule has 1 unspecified atom stereocenters. The number of nitrogens with zero attached hydrogens (tertiary/aromatic N) is 3. The largest absolute Gasteiger partial charge is 0.496 e. The van der Waals surface area contributed by atoms with Crippen LogP contribution in [0.4, 0.5) is 45.5 Å². The van der Waals surface area contributed by atoms with Gasteiger partial charge in [-0.25, -0.2) is 0 Å². The van der Waals surface area contributed by atoms with Gasteiger partial charge in [0.1, 0.15) is 17.1 Å². The second-order valence-corrected chi connectivity index (χ2v) is 21.5. The van der Waals surface area contributed by atoms with Crippen molar-refractivity contribution in [1.82, 2.24) is 0 Å². The van der Waals surface area contributed by atoms with Crippen molar-refractivity contribution < 1.29 is 9.15 Å². The second kappa shape index (κ2) is 29.4. The standard InChI is InChI=1S/C69H59N3O2S.C7H10.2C2H6/c1-6-20-49(8-3)70(53-34-37-59-48(41-53)40-47-22-16-17-27-58(47)59)54-36-39-68-62(42-54)63-43-56(71(50-23-12-10-13-24-50)55-35-38-61-57(9-4)66(21-7-2)74-67(61)45-55)44-64(69(63)75-68)72(51-25-14-11-15-26-51)52-32-30-46(31-33-52)60-28-18-19-29-65(60)73-5;1-3-5-7-6-4-2;2*1-2/h6,9-20,22-39,41-45,49H,4,7-8,21,40H2,1-3,5H3;3-7H,1H2,2H3;2*1-2H3/b20-6-;6-4-,7-5-;;.